The van der Waals surface area contributed by atoms with Crippen LogP contribution >= 0.6 is 43.0 Å². The molecule has 1 saturated heterocycles. The van der Waals surface area contributed by atoms with Crippen molar-refractivity contribution in [2.24, 2.45) is 0 Å². The van der Waals surface area contributed by atoms with Crippen molar-refractivity contribution in [3.8, 4) is 0 Å². The predicted octanol–water partition coefficient (Wildman–Crippen LogP) is 0.455. The van der Waals surface area contributed by atoms with Crippen LogP contribution in [-0.2, 0) is 0 Å². The summed E-state index contributed by atoms with van der Waals surface area (Å²) in [5.74, 6) is -0.0783. The second-order valence-electron chi connectivity index (χ2n) is 3.03. The first kappa shape index (κ1) is 12.4. The Morgan fingerprint density at radius 1 is 1.47 bits per heavy atom. The molecule has 0 bridgehead atoms. The first-order valence-electron chi connectivity index (χ1n) is 4.26. The Hall–Kier alpha value is 0.930. The van der Waals surface area contributed by atoms with Crippen LogP contribution in [-0.4, -0.2) is 16.5 Å². The summed E-state index contributed by atoms with van der Waals surface area (Å²) < 4.78 is 4.44. The minimum atomic E-state index is -0.797. The van der Waals surface area contributed by atoms with E-state index in [1.54, 1.807) is 0 Å². The van der Waals surface area contributed by atoms with Gasteiger partial charge in [0.15, 0.2) is 0 Å². The molecule has 1 nitrogen and oxygen atoms in total. The van der Waals surface area contributed by atoms with Crippen molar-refractivity contribution >= 4 is 48.8 Å². The van der Waals surface area contributed by atoms with E-state index >= 15 is 0 Å². The van der Waals surface area contributed by atoms with Crippen molar-refractivity contribution in [3.05, 3.63) is 32.4 Å². The van der Waals surface area contributed by atoms with Gasteiger partial charge in [0, 0.05) is 0 Å². The van der Waals surface area contributed by atoms with Crippen molar-refractivity contribution in [1.29, 1.82) is 0 Å². The van der Waals surface area contributed by atoms with E-state index in [0.717, 1.165) is 0 Å². The molecule has 0 N–H and O–H groups in total. The van der Waals surface area contributed by atoms with Crippen LogP contribution in [0, 0.1) is 3.57 Å². The maximum atomic E-state index is 11.4. The van der Waals surface area contributed by atoms with E-state index in [2.05, 4.69) is 6.07 Å². The summed E-state index contributed by atoms with van der Waals surface area (Å²) in [5.41, 5.74) is 0.571. The van der Waals surface area contributed by atoms with Crippen molar-refractivity contribution in [3.63, 3.8) is 0 Å². The minimum absolute atomic E-state index is 0.00681. The maximum absolute atomic E-state index is 11.4. The van der Waals surface area contributed by atoms with Gasteiger partial charge in [0.05, 0.1) is 0 Å². The van der Waals surface area contributed by atoms with Gasteiger partial charge in [-0.3, -0.25) is 0 Å². The van der Waals surface area contributed by atoms with Gasteiger partial charge in [-0.05, 0) is 0 Å². The van der Waals surface area contributed by atoms with E-state index in [0.29, 0.717) is 31.8 Å². The van der Waals surface area contributed by atoms with Crippen molar-refractivity contribution in [2.75, 3.05) is 10.7 Å². The molecule has 0 saturated carbocycles. The molecular formula is C10H9Cl2I2O-. The van der Waals surface area contributed by atoms with Crippen molar-refractivity contribution < 1.29 is 26.0 Å². The second kappa shape index (κ2) is 5.51. The van der Waals surface area contributed by atoms with Crippen molar-refractivity contribution in [1.82, 2.24) is 0 Å². The summed E-state index contributed by atoms with van der Waals surface area (Å²) in [4.78, 5) is 11.4. The predicted molar refractivity (Wildman–Crippen MR) is 69.0 cm³/mol. The third kappa shape index (κ3) is 2.79. The van der Waals surface area contributed by atoms with E-state index in [1.165, 1.54) is 8.44 Å². The Balaban J connectivity index is 2.25. The molecule has 1 fully saturated rings. The SMILES string of the molecule is O=C(CCl)c1ccc(I2C[I-]C2)cc1Cl. The zero-order valence-corrected chi connectivity index (χ0v) is 13.6. The summed E-state index contributed by atoms with van der Waals surface area (Å²) in [7, 11) is 0. The number of benzene rings is 1. The van der Waals surface area contributed by atoms with Crippen molar-refractivity contribution in [2.45, 2.75) is 0 Å². The zero-order valence-electron chi connectivity index (χ0n) is 7.77. The first-order chi connectivity index (χ1) is 7.22. The fraction of sp³-hybridized carbons (Fsp3) is 0.300. The molecule has 0 radical (unpaired) electrons. The monoisotopic (exact) mass is 469 g/mol. The molecule has 84 valence electrons. The zero-order chi connectivity index (χ0) is 10.8. The van der Waals surface area contributed by atoms with Crippen LogP contribution in [0.5, 0.6) is 0 Å². The average molecular weight is 470 g/mol. The molecule has 1 aliphatic heterocycles. The Bertz CT molecular complexity index is 391. The molecule has 1 aliphatic rings. The summed E-state index contributed by atoms with van der Waals surface area (Å²) in [6.07, 6.45) is 0. The number of hydrogen-bond donors (Lipinski definition) is 0. The fourth-order valence-corrected chi connectivity index (χ4v) is 14.7. The first-order valence-corrected chi connectivity index (χ1v) is 12.4. The molecule has 1 heterocycles. The number of rotatable bonds is 3. The van der Waals surface area contributed by atoms with Crippen LogP contribution in [0.2, 0.25) is 5.02 Å². The van der Waals surface area contributed by atoms with E-state index in [1.807, 2.05) is 12.1 Å². The molecular weight excluding hydrogens is 461 g/mol. The van der Waals surface area contributed by atoms with Gasteiger partial charge >= 0.3 is 118 Å². The molecule has 0 spiro atoms. The molecule has 0 aliphatic carbocycles. The number of carbonyl (C=O) groups excluding carboxylic acids is 1. The summed E-state index contributed by atoms with van der Waals surface area (Å²) >= 11 is 11.3. The molecule has 2 rings (SSSR count). The third-order valence-corrected chi connectivity index (χ3v) is 22.1. The molecule has 0 atom stereocenters. The van der Waals surface area contributed by atoms with Gasteiger partial charge in [0.2, 0.25) is 0 Å². The van der Waals surface area contributed by atoms with Gasteiger partial charge in [-0.2, -0.15) is 0 Å². The van der Waals surface area contributed by atoms with Gasteiger partial charge in [-0.25, -0.2) is 0 Å². The van der Waals surface area contributed by atoms with Crippen LogP contribution in [0.4, 0.5) is 0 Å². The van der Waals surface area contributed by atoms with Gasteiger partial charge in [0.1, 0.15) is 0 Å². The standard InChI is InChI=1S/C10H9Cl2I2O/c11-4-10(15)8-2-1-7(3-9(8)12)14-5-13-6-14/h1-3H,4-6H2/q-1. The number of hydrogen-bond acceptors (Lipinski definition) is 1. The number of carbonyl (C=O) groups is 1. The van der Waals surface area contributed by atoms with Crippen LogP contribution < -0.4 is 21.2 Å². The Morgan fingerprint density at radius 3 is 2.67 bits per heavy atom. The third-order valence-electron chi connectivity index (χ3n) is 2.05. The number of halogens is 4. The Morgan fingerprint density at radius 2 is 2.20 bits per heavy atom. The summed E-state index contributed by atoms with van der Waals surface area (Å²) in [6.45, 7) is 0. The molecule has 1 aromatic carbocycles. The van der Waals surface area contributed by atoms with Crippen LogP contribution in [0.15, 0.2) is 18.2 Å². The molecule has 15 heavy (non-hydrogen) atoms. The Labute approximate surface area is 117 Å². The molecule has 0 amide bonds. The fourth-order valence-electron chi connectivity index (χ4n) is 1.21. The van der Waals surface area contributed by atoms with Crippen LogP contribution in [0.3, 0.4) is 0 Å². The number of alkyl halides is 5. The number of ketones is 1. The molecule has 5 heteroatoms. The summed E-state index contributed by atoms with van der Waals surface area (Å²) in [6, 6.07) is 5.92. The topological polar surface area (TPSA) is 17.1 Å². The van der Waals surface area contributed by atoms with E-state index in [-0.39, 0.29) is 11.7 Å². The second-order valence-corrected chi connectivity index (χ2v) is 17.5. The Kier molecular flexibility index (Phi) is 4.55. The van der Waals surface area contributed by atoms with Crippen LogP contribution in [0.25, 0.3) is 0 Å². The van der Waals surface area contributed by atoms with Gasteiger partial charge < -0.3 is 0 Å². The molecule has 0 unspecified atom stereocenters. The van der Waals surface area contributed by atoms with E-state index in [9.17, 15) is 4.79 Å². The average Bonchev–Trinajstić information content (AvgIpc) is 2.14. The number of Topliss-reactive ketones (excluding diaryl/α,β-unsaturated/α-hetero) is 1. The normalized spacial score (nSPS) is 17.9. The van der Waals surface area contributed by atoms with Gasteiger partial charge in [-0.1, -0.05) is 0 Å². The molecule has 0 aromatic heterocycles. The van der Waals surface area contributed by atoms with Gasteiger partial charge in [0.25, 0.3) is 0 Å². The van der Waals surface area contributed by atoms with Crippen LogP contribution in [0.1, 0.15) is 10.4 Å². The summed E-state index contributed by atoms with van der Waals surface area (Å²) in [5, 5.41) is 0.584. The quantitative estimate of drug-likeness (QED) is 0.357. The van der Waals surface area contributed by atoms with Gasteiger partial charge in [-0.15, -0.1) is 0 Å². The van der Waals surface area contributed by atoms with E-state index < -0.39 is 19.8 Å². The molecule has 1 aromatic rings. The van der Waals surface area contributed by atoms with E-state index in [4.69, 9.17) is 23.2 Å².